The first-order valence-corrected chi connectivity index (χ1v) is 8.07. The summed E-state index contributed by atoms with van der Waals surface area (Å²) in [5, 5.41) is 0. The first kappa shape index (κ1) is 14.3. The summed E-state index contributed by atoms with van der Waals surface area (Å²) < 4.78 is 26.9. The highest BCUT2D eigenvalue weighted by Crippen LogP contribution is 2.13. The SMILES string of the molecule is Cc1cccc(OCCCCCS(=O)(=O)Cl)c1. The number of benzene rings is 1. The van der Waals surface area contributed by atoms with E-state index in [0.717, 1.165) is 24.2 Å². The van der Waals surface area contributed by atoms with E-state index in [1.54, 1.807) is 0 Å². The van der Waals surface area contributed by atoms with Crippen molar-refractivity contribution in [2.75, 3.05) is 12.4 Å². The number of aryl methyl sites for hydroxylation is 1. The molecule has 0 amide bonds. The molecule has 0 bridgehead atoms. The molecule has 0 spiro atoms. The zero-order valence-electron chi connectivity index (χ0n) is 9.86. The zero-order valence-corrected chi connectivity index (χ0v) is 11.4. The quantitative estimate of drug-likeness (QED) is 0.568. The molecule has 0 atom stereocenters. The minimum Gasteiger partial charge on any atom is -0.494 e. The molecule has 0 aliphatic rings. The minimum absolute atomic E-state index is 0.0407. The Labute approximate surface area is 107 Å². The molecule has 0 aromatic heterocycles. The maximum absolute atomic E-state index is 10.7. The number of ether oxygens (including phenoxy) is 1. The van der Waals surface area contributed by atoms with Gasteiger partial charge in [0.2, 0.25) is 9.05 Å². The Kier molecular flexibility index (Phi) is 5.78. The maximum Gasteiger partial charge on any atom is 0.232 e. The second-order valence-corrected chi connectivity index (χ2v) is 6.87. The molecule has 0 saturated carbocycles. The molecule has 0 saturated heterocycles. The van der Waals surface area contributed by atoms with Gasteiger partial charge in [-0.05, 0) is 43.9 Å². The summed E-state index contributed by atoms with van der Waals surface area (Å²) >= 11 is 0. The second-order valence-electron chi connectivity index (χ2n) is 3.97. The lowest BCUT2D eigenvalue weighted by Gasteiger charge is -2.06. The molecule has 0 radical (unpaired) electrons. The summed E-state index contributed by atoms with van der Waals surface area (Å²) in [5.41, 5.74) is 1.16. The van der Waals surface area contributed by atoms with Gasteiger partial charge in [-0.15, -0.1) is 0 Å². The summed E-state index contributed by atoms with van der Waals surface area (Å²) in [5.74, 6) is 0.897. The van der Waals surface area contributed by atoms with Crippen LogP contribution in [0, 0.1) is 6.92 Å². The van der Waals surface area contributed by atoms with Gasteiger partial charge in [-0.25, -0.2) is 8.42 Å². The third-order valence-electron chi connectivity index (χ3n) is 2.29. The van der Waals surface area contributed by atoms with Crippen LogP contribution < -0.4 is 4.74 Å². The molecule has 5 heteroatoms. The summed E-state index contributed by atoms with van der Waals surface area (Å²) in [6, 6.07) is 7.85. The van der Waals surface area contributed by atoms with E-state index >= 15 is 0 Å². The van der Waals surface area contributed by atoms with Gasteiger partial charge in [0.05, 0.1) is 12.4 Å². The van der Waals surface area contributed by atoms with Crippen LogP contribution in [0.5, 0.6) is 5.75 Å². The Morgan fingerprint density at radius 1 is 1.24 bits per heavy atom. The summed E-state index contributed by atoms with van der Waals surface area (Å²) in [4.78, 5) is 0. The van der Waals surface area contributed by atoms with Crippen LogP contribution in [0.15, 0.2) is 24.3 Å². The lowest BCUT2D eigenvalue weighted by atomic mass is 10.2. The summed E-state index contributed by atoms with van der Waals surface area (Å²) in [6.07, 6.45) is 2.22. The molecule has 1 rings (SSSR count). The molecular weight excluding hydrogens is 260 g/mol. The van der Waals surface area contributed by atoms with Crippen molar-refractivity contribution in [2.24, 2.45) is 0 Å². The molecule has 0 N–H and O–H groups in total. The van der Waals surface area contributed by atoms with Crippen LogP contribution in [0.4, 0.5) is 0 Å². The van der Waals surface area contributed by atoms with Gasteiger partial charge in [0.1, 0.15) is 5.75 Å². The van der Waals surface area contributed by atoms with Gasteiger partial charge in [-0.1, -0.05) is 12.1 Å². The van der Waals surface area contributed by atoms with Crippen molar-refractivity contribution in [1.29, 1.82) is 0 Å². The van der Waals surface area contributed by atoms with Crippen molar-refractivity contribution in [3.8, 4) is 5.75 Å². The Bertz CT molecular complexity index is 443. The monoisotopic (exact) mass is 276 g/mol. The number of unbranched alkanes of at least 4 members (excludes halogenated alkanes) is 2. The molecule has 1 aromatic rings. The highest BCUT2D eigenvalue weighted by molar-refractivity contribution is 8.13. The lowest BCUT2D eigenvalue weighted by Crippen LogP contribution is -2.00. The molecule has 1 aromatic carbocycles. The van der Waals surface area contributed by atoms with E-state index in [0.29, 0.717) is 13.0 Å². The maximum atomic E-state index is 10.7. The molecule has 17 heavy (non-hydrogen) atoms. The Morgan fingerprint density at radius 3 is 2.65 bits per heavy atom. The van der Waals surface area contributed by atoms with Gasteiger partial charge in [0, 0.05) is 10.7 Å². The standard InChI is InChI=1S/C12H17ClO3S/c1-11-6-5-7-12(10-11)16-8-3-2-4-9-17(13,14)15/h5-7,10H,2-4,8-9H2,1H3. The topological polar surface area (TPSA) is 43.4 Å². The average molecular weight is 277 g/mol. The van der Waals surface area contributed by atoms with E-state index in [9.17, 15) is 8.42 Å². The number of hydrogen-bond donors (Lipinski definition) is 0. The van der Waals surface area contributed by atoms with Gasteiger partial charge in [0.15, 0.2) is 0 Å². The zero-order chi connectivity index (χ0) is 12.7. The minimum atomic E-state index is -3.34. The largest absolute Gasteiger partial charge is 0.494 e. The molecule has 0 fully saturated rings. The van der Waals surface area contributed by atoms with Gasteiger partial charge in [-0.2, -0.15) is 0 Å². The molecular formula is C12H17ClO3S. The van der Waals surface area contributed by atoms with E-state index in [4.69, 9.17) is 15.4 Å². The molecule has 3 nitrogen and oxygen atoms in total. The highest BCUT2D eigenvalue weighted by Gasteiger charge is 2.03. The van der Waals surface area contributed by atoms with Crippen LogP contribution in [-0.2, 0) is 9.05 Å². The van der Waals surface area contributed by atoms with Gasteiger partial charge in [0.25, 0.3) is 0 Å². The highest BCUT2D eigenvalue weighted by atomic mass is 35.7. The summed E-state index contributed by atoms with van der Waals surface area (Å²) in [7, 11) is 1.76. The lowest BCUT2D eigenvalue weighted by molar-refractivity contribution is 0.306. The van der Waals surface area contributed by atoms with Crippen molar-refractivity contribution in [1.82, 2.24) is 0 Å². The predicted octanol–water partition coefficient (Wildman–Crippen LogP) is 3.11. The Hall–Kier alpha value is -0.740. The average Bonchev–Trinajstić information content (AvgIpc) is 2.22. The van der Waals surface area contributed by atoms with Crippen LogP contribution in [-0.4, -0.2) is 20.8 Å². The van der Waals surface area contributed by atoms with Crippen molar-refractivity contribution in [2.45, 2.75) is 26.2 Å². The Morgan fingerprint density at radius 2 is 2.00 bits per heavy atom. The number of rotatable bonds is 7. The fourth-order valence-corrected chi connectivity index (χ4v) is 2.32. The molecule has 96 valence electrons. The molecule has 0 aliphatic carbocycles. The van der Waals surface area contributed by atoms with Crippen molar-refractivity contribution < 1.29 is 13.2 Å². The van der Waals surface area contributed by atoms with Crippen molar-refractivity contribution in [3.05, 3.63) is 29.8 Å². The van der Waals surface area contributed by atoms with E-state index in [1.165, 1.54) is 0 Å². The van der Waals surface area contributed by atoms with Crippen molar-refractivity contribution in [3.63, 3.8) is 0 Å². The third kappa shape index (κ3) is 7.23. The van der Waals surface area contributed by atoms with Crippen LogP contribution in [0.2, 0.25) is 0 Å². The smallest absolute Gasteiger partial charge is 0.232 e. The van der Waals surface area contributed by atoms with E-state index in [-0.39, 0.29) is 5.75 Å². The van der Waals surface area contributed by atoms with Gasteiger partial charge >= 0.3 is 0 Å². The fourth-order valence-electron chi connectivity index (χ4n) is 1.45. The first-order chi connectivity index (χ1) is 7.97. The molecule has 0 heterocycles. The second kappa shape index (κ2) is 6.87. The Balaban J connectivity index is 2.13. The fraction of sp³-hybridized carbons (Fsp3) is 0.500. The third-order valence-corrected chi connectivity index (χ3v) is 3.53. The van der Waals surface area contributed by atoms with Crippen LogP contribution in [0.25, 0.3) is 0 Å². The van der Waals surface area contributed by atoms with Crippen LogP contribution in [0.1, 0.15) is 24.8 Å². The number of hydrogen-bond acceptors (Lipinski definition) is 3. The number of halogens is 1. The van der Waals surface area contributed by atoms with Gasteiger partial charge in [-0.3, -0.25) is 0 Å². The van der Waals surface area contributed by atoms with Crippen LogP contribution in [0.3, 0.4) is 0 Å². The van der Waals surface area contributed by atoms with Crippen molar-refractivity contribution >= 4 is 19.7 Å². The first-order valence-electron chi connectivity index (χ1n) is 5.59. The van der Waals surface area contributed by atoms with E-state index in [1.807, 2.05) is 31.2 Å². The summed E-state index contributed by atoms with van der Waals surface area (Å²) in [6.45, 7) is 2.62. The molecule has 0 aliphatic heterocycles. The molecule has 0 unspecified atom stereocenters. The van der Waals surface area contributed by atoms with E-state index < -0.39 is 9.05 Å². The van der Waals surface area contributed by atoms with Gasteiger partial charge < -0.3 is 4.74 Å². The van der Waals surface area contributed by atoms with Crippen LogP contribution >= 0.6 is 10.7 Å². The predicted molar refractivity (Wildman–Crippen MR) is 70.2 cm³/mol. The normalized spacial score (nSPS) is 11.4. The van der Waals surface area contributed by atoms with E-state index in [2.05, 4.69) is 0 Å².